The van der Waals surface area contributed by atoms with Crippen molar-refractivity contribution in [1.29, 1.82) is 0 Å². The first-order chi connectivity index (χ1) is 11.2. The fourth-order valence-corrected chi connectivity index (χ4v) is 2.63. The molecule has 2 atom stereocenters. The summed E-state index contributed by atoms with van der Waals surface area (Å²) in [5.74, 6) is 0.344. The van der Waals surface area contributed by atoms with Crippen LogP contribution in [0.5, 0.6) is 5.75 Å². The molecule has 1 aliphatic rings. The molecule has 1 heterocycles. The predicted molar refractivity (Wildman–Crippen MR) is 84.5 cm³/mol. The number of azide groups is 1. The molecule has 0 aromatic heterocycles. The van der Waals surface area contributed by atoms with E-state index < -0.39 is 12.1 Å². The van der Waals surface area contributed by atoms with Crippen LogP contribution in [-0.2, 0) is 4.79 Å². The molecule has 23 heavy (non-hydrogen) atoms. The standard InChI is InChI=1S/C16H14N4O3/c1-23-13-8-6-12(7-9-13)20-14(15(21)16(20)22)10-2-4-11(5-3-10)18-19-17/h2-9,14-15,21H,1H3/t14-,15+/m1/s1. The second-order valence-corrected chi connectivity index (χ2v) is 5.08. The van der Waals surface area contributed by atoms with Gasteiger partial charge in [0, 0.05) is 16.3 Å². The minimum Gasteiger partial charge on any atom is -0.497 e. The molecule has 7 nitrogen and oxygen atoms in total. The lowest BCUT2D eigenvalue weighted by atomic mass is 9.90. The topological polar surface area (TPSA) is 98.5 Å². The van der Waals surface area contributed by atoms with Crippen molar-refractivity contribution in [3.63, 3.8) is 0 Å². The summed E-state index contributed by atoms with van der Waals surface area (Å²) in [4.78, 5) is 16.3. The summed E-state index contributed by atoms with van der Waals surface area (Å²) >= 11 is 0. The van der Waals surface area contributed by atoms with Crippen molar-refractivity contribution < 1.29 is 14.6 Å². The number of nitrogens with zero attached hydrogens (tertiary/aromatic N) is 4. The first-order valence-electron chi connectivity index (χ1n) is 6.96. The number of benzene rings is 2. The molecule has 116 valence electrons. The first-order valence-corrected chi connectivity index (χ1v) is 6.96. The minimum absolute atomic E-state index is 0.348. The Morgan fingerprint density at radius 1 is 1.17 bits per heavy atom. The molecule has 1 fully saturated rings. The summed E-state index contributed by atoms with van der Waals surface area (Å²) in [5.41, 5.74) is 10.4. The van der Waals surface area contributed by atoms with Crippen LogP contribution in [-0.4, -0.2) is 24.2 Å². The van der Waals surface area contributed by atoms with Gasteiger partial charge in [0.25, 0.3) is 5.91 Å². The maximum atomic E-state index is 12.0. The summed E-state index contributed by atoms with van der Waals surface area (Å²) < 4.78 is 5.10. The largest absolute Gasteiger partial charge is 0.497 e. The van der Waals surface area contributed by atoms with Crippen molar-refractivity contribution >= 4 is 17.3 Å². The van der Waals surface area contributed by atoms with Crippen LogP contribution < -0.4 is 9.64 Å². The normalized spacial score (nSPS) is 19.7. The number of rotatable bonds is 4. The van der Waals surface area contributed by atoms with Gasteiger partial charge in [0.15, 0.2) is 6.10 Å². The Bertz CT molecular complexity index is 767. The van der Waals surface area contributed by atoms with Gasteiger partial charge in [-0.2, -0.15) is 0 Å². The van der Waals surface area contributed by atoms with Gasteiger partial charge < -0.3 is 9.84 Å². The lowest BCUT2D eigenvalue weighted by Crippen LogP contribution is -2.59. The molecule has 0 saturated carbocycles. The van der Waals surface area contributed by atoms with Gasteiger partial charge in [0.1, 0.15) is 5.75 Å². The molecule has 1 saturated heterocycles. The van der Waals surface area contributed by atoms with Crippen LogP contribution in [0, 0.1) is 0 Å². The third-order valence-electron chi connectivity index (χ3n) is 3.81. The van der Waals surface area contributed by atoms with Crippen molar-refractivity contribution in [2.75, 3.05) is 12.0 Å². The number of amides is 1. The lowest BCUT2D eigenvalue weighted by molar-refractivity contribution is -0.137. The quantitative estimate of drug-likeness (QED) is 0.406. The number of hydrogen-bond acceptors (Lipinski definition) is 4. The van der Waals surface area contributed by atoms with Crippen LogP contribution >= 0.6 is 0 Å². The van der Waals surface area contributed by atoms with Crippen molar-refractivity contribution in [2.45, 2.75) is 12.1 Å². The Kier molecular flexibility index (Phi) is 3.89. The fourth-order valence-electron chi connectivity index (χ4n) is 2.63. The molecule has 0 aliphatic carbocycles. The second kappa shape index (κ2) is 6.00. The molecule has 2 aromatic rings. The van der Waals surface area contributed by atoms with E-state index >= 15 is 0 Å². The van der Waals surface area contributed by atoms with E-state index in [9.17, 15) is 9.90 Å². The number of anilines is 1. The monoisotopic (exact) mass is 310 g/mol. The molecule has 7 heteroatoms. The fraction of sp³-hybridized carbons (Fsp3) is 0.188. The van der Waals surface area contributed by atoms with Gasteiger partial charge in [-0.25, -0.2) is 0 Å². The highest BCUT2D eigenvalue weighted by Crippen LogP contribution is 2.39. The number of methoxy groups -OCH3 is 1. The molecule has 2 aromatic carbocycles. The highest BCUT2D eigenvalue weighted by molar-refractivity contribution is 6.04. The molecule has 1 aliphatic heterocycles. The number of aliphatic hydroxyl groups excluding tert-OH is 1. The van der Waals surface area contributed by atoms with Crippen molar-refractivity contribution in [1.82, 2.24) is 0 Å². The molecule has 0 bridgehead atoms. The molecular weight excluding hydrogens is 296 g/mol. The van der Waals surface area contributed by atoms with Gasteiger partial charge in [0.2, 0.25) is 0 Å². The van der Waals surface area contributed by atoms with Gasteiger partial charge >= 0.3 is 0 Å². The Labute approximate surface area is 132 Å². The van der Waals surface area contributed by atoms with E-state index in [2.05, 4.69) is 10.0 Å². The first kappa shape index (κ1) is 14.9. The second-order valence-electron chi connectivity index (χ2n) is 5.08. The van der Waals surface area contributed by atoms with E-state index in [1.54, 1.807) is 55.6 Å². The van der Waals surface area contributed by atoms with E-state index in [0.29, 0.717) is 17.1 Å². The third kappa shape index (κ3) is 2.59. The van der Waals surface area contributed by atoms with Crippen LogP contribution in [0.2, 0.25) is 0 Å². The van der Waals surface area contributed by atoms with Gasteiger partial charge in [-0.15, -0.1) is 0 Å². The number of aliphatic hydroxyl groups is 1. The Morgan fingerprint density at radius 3 is 2.39 bits per heavy atom. The summed E-state index contributed by atoms with van der Waals surface area (Å²) in [5, 5.41) is 13.5. The highest BCUT2D eigenvalue weighted by atomic mass is 16.5. The maximum Gasteiger partial charge on any atom is 0.259 e. The smallest absolute Gasteiger partial charge is 0.259 e. The average molecular weight is 310 g/mol. The van der Waals surface area contributed by atoms with Crippen LogP contribution in [0.4, 0.5) is 11.4 Å². The Hall–Kier alpha value is -3.02. The average Bonchev–Trinajstić information content (AvgIpc) is 2.60. The predicted octanol–water partition coefficient (Wildman–Crippen LogP) is 3.09. The maximum absolute atomic E-state index is 12.0. The van der Waals surface area contributed by atoms with Crippen LogP contribution in [0.15, 0.2) is 53.6 Å². The zero-order valence-corrected chi connectivity index (χ0v) is 12.3. The molecule has 3 rings (SSSR count). The van der Waals surface area contributed by atoms with Gasteiger partial charge in [0.05, 0.1) is 13.2 Å². The third-order valence-corrected chi connectivity index (χ3v) is 3.81. The summed E-state index contributed by atoms with van der Waals surface area (Å²) in [6, 6.07) is 13.4. The van der Waals surface area contributed by atoms with Crippen LogP contribution in [0.25, 0.3) is 10.4 Å². The SMILES string of the molecule is COc1ccc(N2C(=O)[C@@H](O)[C@H]2c2ccc(N=[N+]=[N-])cc2)cc1. The number of hydrogen-bond donors (Lipinski definition) is 1. The van der Waals surface area contributed by atoms with Gasteiger partial charge in [-0.1, -0.05) is 29.4 Å². The Morgan fingerprint density at radius 2 is 1.83 bits per heavy atom. The number of β-lactam (4-membered cyclic amide) rings is 1. The van der Waals surface area contributed by atoms with E-state index in [1.807, 2.05) is 0 Å². The molecule has 0 spiro atoms. The van der Waals surface area contributed by atoms with Crippen LogP contribution in [0.3, 0.4) is 0 Å². The number of carbonyl (C=O) groups excluding carboxylic acids is 1. The van der Waals surface area contributed by atoms with E-state index in [4.69, 9.17) is 10.3 Å². The van der Waals surface area contributed by atoms with Crippen molar-refractivity contribution in [3.8, 4) is 5.75 Å². The molecule has 1 amide bonds. The molecular formula is C16H14N4O3. The molecule has 0 unspecified atom stereocenters. The summed E-state index contributed by atoms with van der Waals surface area (Å²) in [7, 11) is 1.57. The number of ether oxygens (including phenoxy) is 1. The van der Waals surface area contributed by atoms with E-state index in [0.717, 1.165) is 5.56 Å². The lowest BCUT2D eigenvalue weighted by Gasteiger charge is -2.44. The van der Waals surface area contributed by atoms with Crippen LogP contribution in [0.1, 0.15) is 11.6 Å². The molecule has 1 N–H and O–H groups in total. The van der Waals surface area contributed by atoms with E-state index in [1.165, 1.54) is 4.90 Å². The minimum atomic E-state index is -1.08. The molecule has 0 radical (unpaired) electrons. The highest BCUT2D eigenvalue weighted by Gasteiger charge is 2.47. The van der Waals surface area contributed by atoms with Crippen molar-refractivity contribution in [3.05, 3.63) is 64.5 Å². The van der Waals surface area contributed by atoms with Crippen molar-refractivity contribution in [2.24, 2.45) is 5.11 Å². The zero-order valence-electron chi connectivity index (χ0n) is 12.3. The van der Waals surface area contributed by atoms with Gasteiger partial charge in [-0.05, 0) is 35.4 Å². The Balaban J connectivity index is 1.90. The zero-order chi connectivity index (χ0) is 16.4. The number of carbonyl (C=O) groups is 1. The summed E-state index contributed by atoms with van der Waals surface area (Å²) in [6.07, 6.45) is -1.08. The summed E-state index contributed by atoms with van der Waals surface area (Å²) in [6.45, 7) is 0. The van der Waals surface area contributed by atoms with Gasteiger partial charge in [-0.3, -0.25) is 9.69 Å². The van der Waals surface area contributed by atoms with E-state index in [-0.39, 0.29) is 5.91 Å².